The van der Waals surface area contributed by atoms with Crippen LogP contribution in [0.4, 0.5) is 0 Å². The van der Waals surface area contributed by atoms with E-state index in [1.165, 1.54) is 12.5 Å². The topological polar surface area (TPSA) is 87.9 Å². The van der Waals surface area contributed by atoms with Gasteiger partial charge in [0.15, 0.2) is 5.78 Å². The van der Waals surface area contributed by atoms with Crippen LogP contribution in [0.25, 0.3) is 10.8 Å². The second kappa shape index (κ2) is 9.58. The third kappa shape index (κ3) is 4.44. The van der Waals surface area contributed by atoms with Crippen LogP contribution in [0.2, 0.25) is 0 Å². The first-order valence-corrected chi connectivity index (χ1v) is 12.2. The van der Waals surface area contributed by atoms with Crippen molar-refractivity contribution in [3.63, 3.8) is 0 Å². The maximum absolute atomic E-state index is 12.9. The number of rotatable bonds is 5. The highest BCUT2D eigenvalue weighted by molar-refractivity contribution is 9.10. The van der Waals surface area contributed by atoms with E-state index >= 15 is 0 Å². The largest absolute Gasteiger partial charge is 0.488 e. The van der Waals surface area contributed by atoms with Crippen LogP contribution in [0.5, 0.6) is 5.75 Å². The molecule has 7 heteroatoms. The van der Waals surface area contributed by atoms with Crippen LogP contribution >= 0.6 is 15.9 Å². The lowest BCUT2D eigenvalue weighted by Crippen LogP contribution is -2.31. The number of hydrogen-bond acceptors (Lipinski definition) is 6. The molecule has 1 aliphatic carbocycles. The minimum Gasteiger partial charge on any atom is -0.488 e. The van der Waals surface area contributed by atoms with Gasteiger partial charge in [-0.25, -0.2) is 4.79 Å². The molecule has 0 saturated carbocycles. The summed E-state index contributed by atoms with van der Waals surface area (Å²) in [5.41, 5.74) is 8.52. The van der Waals surface area contributed by atoms with E-state index in [9.17, 15) is 9.59 Å². The molecule has 1 atom stereocenters. The van der Waals surface area contributed by atoms with Gasteiger partial charge in [0.05, 0.1) is 17.5 Å². The van der Waals surface area contributed by atoms with Gasteiger partial charge in [0.2, 0.25) is 5.88 Å². The molecule has 178 valence electrons. The Morgan fingerprint density at radius 3 is 2.66 bits per heavy atom. The van der Waals surface area contributed by atoms with Gasteiger partial charge >= 0.3 is 5.97 Å². The Balaban J connectivity index is 1.45. The van der Waals surface area contributed by atoms with Gasteiger partial charge in [-0.15, -0.1) is 0 Å². The molecule has 2 N–H and O–H groups in total. The molecule has 6 nitrogen and oxygen atoms in total. The summed E-state index contributed by atoms with van der Waals surface area (Å²) in [5, 5.41) is 2.33. The van der Waals surface area contributed by atoms with E-state index in [4.69, 9.17) is 19.9 Å². The monoisotopic (exact) mass is 533 g/mol. The molecule has 0 saturated heterocycles. The first kappa shape index (κ1) is 23.2. The van der Waals surface area contributed by atoms with E-state index in [0.29, 0.717) is 47.4 Å². The fourth-order valence-corrected chi connectivity index (χ4v) is 5.21. The summed E-state index contributed by atoms with van der Waals surface area (Å²) in [6.07, 6.45) is 1.69. The SMILES string of the molecule is COC(=O)C1=C(N)OC2=C(C(=O)CCC2)[C@H]1c1ccc(OCc2ccc3ccccc3c2)c(Br)c1. The molecule has 3 aromatic carbocycles. The maximum Gasteiger partial charge on any atom is 0.340 e. The summed E-state index contributed by atoms with van der Waals surface area (Å²) in [7, 11) is 1.28. The summed E-state index contributed by atoms with van der Waals surface area (Å²) in [6.45, 7) is 0.397. The van der Waals surface area contributed by atoms with Crippen LogP contribution < -0.4 is 10.5 Å². The number of ketones is 1. The fourth-order valence-electron chi connectivity index (χ4n) is 4.70. The zero-order valence-corrected chi connectivity index (χ0v) is 20.8. The fraction of sp³-hybridized carbons (Fsp3) is 0.214. The summed E-state index contributed by atoms with van der Waals surface area (Å²) < 4.78 is 17.5. The molecule has 35 heavy (non-hydrogen) atoms. The van der Waals surface area contributed by atoms with E-state index in [0.717, 1.165) is 16.5 Å². The minimum absolute atomic E-state index is 0.0250. The van der Waals surface area contributed by atoms with Crippen molar-refractivity contribution in [1.82, 2.24) is 0 Å². The van der Waals surface area contributed by atoms with Gasteiger partial charge < -0.3 is 19.9 Å². The summed E-state index contributed by atoms with van der Waals surface area (Å²) in [6, 6.07) is 19.9. The van der Waals surface area contributed by atoms with Crippen molar-refractivity contribution in [1.29, 1.82) is 0 Å². The van der Waals surface area contributed by atoms with Crippen molar-refractivity contribution in [2.45, 2.75) is 31.8 Å². The van der Waals surface area contributed by atoms with E-state index < -0.39 is 11.9 Å². The Kier molecular flexibility index (Phi) is 6.34. The van der Waals surface area contributed by atoms with Crippen molar-refractivity contribution in [3.8, 4) is 5.75 Å². The standard InChI is InChI=1S/C28H24BrNO5/c1-33-28(32)26-24(25-21(31)7-4-8-23(25)35-27(26)30)19-11-12-22(20(29)14-19)34-15-16-9-10-17-5-2-3-6-18(17)13-16/h2-3,5-6,9-14,24H,4,7-8,15,30H2,1H3/t24-/m1/s1. The number of halogens is 1. The van der Waals surface area contributed by atoms with Gasteiger partial charge in [0.1, 0.15) is 23.7 Å². The van der Waals surface area contributed by atoms with Crippen molar-refractivity contribution >= 4 is 38.5 Å². The average molecular weight is 534 g/mol. The van der Waals surface area contributed by atoms with E-state index in [2.05, 4.69) is 40.2 Å². The van der Waals surface area contributed by atoms with Gasteiger partial charge in [-0.05, 0) is 62.4 Å². The maximum atomic E-state index is 12.9. The zero-order chi connectivity index (χ0) is 24.5. The van der Waals surface area contributed by atoms with Crippen LogP contribution in [-0.4, -0.2) is 18.9 Å². The molecule has 0 aromatic heterocycles. The second-order valence-corrected chi connectivity index (χ2v) is 9.43. The minimum atomic E-state index is -0.662. The molecule has 0 unspecified atom stereocenters. The number of benzene rings is 3. The molecule has 1 aliphatic heterocycles. The van der Waals surface area contributed by atoms with Gasteiger partial charge in [0, 0.05) is 18.4 Å². The van der Waals surface area contributed by atoms with E-state index in [1.807, 2.05) is 36.4 Å². The predicted molar refractivity (Wildman–Crippen MR) is 135 cm³/mol. The number of esters is 1. The summed E-state index contributed by atoms with van der Waals surface area (Å²) >= 11 is 3.60. The Bertz CT molecular complexity index is 1410. The number of carbonyl (C=O) groups excluding carboxylic acids is 2. The number of methoxy groups -OCH3 is 1. The summed E-state index contributed by atoms with van der Waals surface area (Å²) in [4.78, 5) is 25.5. The first-order chi connectivity index (χ1) is 17.0. The quantitative estimate of drug-likeness (QED) is 0.426. The summed E-state index contributed by atoms with van der Waals surface area (Å²) in [5.74, 6) is -0.171. The highest BCUT2D eigenvalue weighted by Crippen LogP contribution is 2.45. The normalized spacial score (nSPS) is 17.8. The lowest BCUT2D eigenvalue weighted by molar-refractivity contribution is -0.136. The van der Waals surface area contributed by atoms with Crippen molar-refractivity contribution in [2.24, 2.45) is 5.73 Å². The van der Waals surface area contributed by atoms with Gasteiger partial charge in [-0.2, -0.15) is 0 Å². The van der Waals surface area contributed by atoms with Crippen molar-refractivity contribution in [3.05, 3.63) is 99.1 Å². The molecule has 5 rings (SSSR count). The van der Waals surface area contributed by atoms with Crippen LogP contribution in [0, 0.1) is 0 Å². The molecule has 0 radical (unpaired) electrons. The van der Waals surface area contributed by atoms with Crippen LogP contribution in [0.3, 0.4) is 0 Å². The third-order valence-corrected chi connectivity index (χ3v) is 7.01. The molecule has 3 aromatic rings. The Morgan fingerprint density at radius 1 is 1.09 bits per heavy atom. The third-order valence-electron chi connectivity index (χ3n) is 6.39. The molecule has 0 bridgehead atoms. The number of fused-ring (bicyclic) bond motifs is 1. The average Bonchev–Trinajstić information content (AvgIpc) is 2.86. The van der Waals surface area contributed by atoms with E-state index in [1.54, 1.807) is 0 Å². The first-order valence-electron chi connectivity index (χ1n) is 11.4. The van der Waals surface area contributed by atoms with E-state index in [-0.39, 0.29) is 17.2 Å². The highest BCUT2D eigenvalue weighted by Gasteiger charge is 2.41. The van der Waals surface area contributed by atoms with Crippen LogP contribution in [0.15, 0.2) is 87.9 Å². The highest BCUT2D eigenvalue weighted by atomic mass is 79.9. The number of nitrogens with two attached hydrogens (primary N) is 1. The zero-order valence-electron chi connectivity index (χ0n) is 19.2. The Morgan fingerprint density at radius 2 is 1.89 bits per heavy atom. The second-order valence-electron chi connectivity index (χ2n) is 8.58. The molecular formula is C28H24BrNO5. The molecule has 1 heterocycles. The number of ether oxygens (including phenoxy) is 3. The number of hydrogen-bond donors (Lipinski definition) is 1. The molecule has 2 aliphatic rings. The Labute approximate surface area is 211 Å². The molecular weight excluding hydrogens is 510 g/mol. The van der Waals surface area contributed by atoms with Crippen molar-refractivity contribution < 1.29 is 23.8 Å². The van der Waals surface area contributed by atoms with Gasteiger partial charge in [0.25, 0.3) is 0 Å². The smallest absolute Gasteiger partial charge is 0.340 e. The number of allylic oxidation sites excluding steroid dienone is 2. The predicted octanol–water partition coefficient (Wildman–Crippen LogP) is 5.65. The van der Waals surface area contributed by atoms with Crippen molar-refractivity contribution in [2.75, 3.05) is 7.11 Å². The number of carbonyl (C=O) groups is 2. The number of Topliss-reactive ketones (excluding diaryl/α,β-unsaturated/α-hetero) is 1. The Hall–Kier alpha value is -3.58. The molecule has 0 fully saturated rings. The van der Waals surface area contributed by atoms with Crippen LogP contribution in [0.1, 0.15) is 36.3 Å². The van der Waals surface area contributed by atoms with Gasteiger partial charge in [-0.3, -0.25) is 4.79 Å². The van der Waals surface area contributed by atoms with Gasteiger partial charge in [-0.1, -0.05) is 42.5 Å². The lowest BCUT2D eigenvalue weighted by atomic mass is 9.77. The lowest BCUT2D eigenvalue weighted by Gasteiger charge is -2.32. The molecule has 0 spiro atoms. The molecule has 0 amide bonds. The van der Waals surface area contributed by atoms with Crippen LogP contribution in [-0.2, 0) is 25.7 Å².